The molecule has 22 heavy (non-hydrogen) atoms. The van der Waals surface area contributed by atoms with Crippen LogP contribution in [0.3, 0.4) is 0 Å². The molecule has 2 aromatic rings. The van der Waals surface area contributed by atoms with Crippen LogP contribution in [0.2, 0.25) is 0 Å². The van der Waals surface area contributed by atoms with Crippen molar-refractivity contribution in [2.24, 2.45) is 0 Å². The molecule has 1 amide bonds. The summed E-state index contributed by atoms with van der Waals surface area (Å²) in [6.07, 6.45) is 1.42. The number of carbonyl (C=O) groups is 1. The molecule has 0 N–H and O–H groups in total. The van der Waals surface area contributed by atoms with Crippen molar-refractivity contribution in [3.8, 4) is 0 Å². The smallest absolute Gasteiger partial charge is 0.227 e. The Balaban J connectivity index is 1.99. The molecule has 5 heteroatoms. The van der Waals surface area contributed by atoms with E-state index in [0.29, 0.717) is 6.54 Å². The van der Waals surface area contributed by atoms with Crippen LogP contribution in [0.15, 0.2) is 59.5 Å². The van der Waals surface area contributed by atoms with Crippen molar-refractivity contribution >= 4 is 15.7 Å². The van der Waals surface area contributed by atoms with Crippen LogP contribution in [0, 0.1) is 0 Å². The molecule has 116 valence electrons. The van der Waals surface area contributed by atoms with Crippen molar-refractivity contribution in [3.63, 3.8) is 0 Å². The number of sulfone groups is 1. The van der Waals surface area contributed by atoms with Gasteiger partial charge in [-0.15, -0.1) is 0 Å². The Labute approximate surface area is 131 Å². The minimum Gasteiger partial charge on any atom is -0.341 e. The van der Waals surface area contributed by atoms with Crippen LogP contribution in [-0.4, -0.2) is 32.5 Å². The monoisotopic (exact) mass is 317 g/mol. The predicted molar refractivity (Wildman–Crippen MR) is 86.2 cm³/mol. The molecule has 2 aromatic carbocycles. The fourth-order valence-electron chi connectivity index (χ4n) is 2.11. The fraction of sp³-hybridized carbons (Fsp3) is 0.235. The number of carbonyl (C=O) groups excluding carboxylic acids is 1. The summed E-state index contributed by atoms with van der Waals surface area (Å²) in [5, 5.41) is 0. The maximum atomic E-state index is 12.2. The zero-order valence-electron chi connectivity index (χ0n) is 12.7. The molecular weight excluding hydrogens is 298 g/mol. The van der Waals surface area contributed by atoms with Crippen LogP contribution in [-0.2, 0) is 27.6 Å². The van der Waals surface area contributed by atoms with Crippen molar-refractivity contribution in [3.05, 3.63) is 65.7 Å². The van der Waals surface area contributed by atoms with Gasteiger partial charge in [-0.3, -0.25) is 4.79 Å². The molecule has 0 spiro atoms. The highest BCUT2D eigenvalue weighted by atomic mass is 32.2. The van der Waals surface area contributed by atoms with Gasteiger partial charge in [0.1, 0.15) is 0 Å². The van der Waals surface area contributed by atoms with Gasteiger partial charge in [-0.05, 0) is 23.3 Å². The third-order valence-corrected chi connectivity index (χ3v) is 4.52. The molecule has 2 rings (SSSR count). The molecule has 0 aromatic heterocycles. The van der Waals surface area contributed by atoms with Gasteiger partial charge in [0.05, 0.1) is 11.3 Å². The second kappa shape index (κ2) is 6.75. The van der Waals surface area contributed by atoms with Crippen LogP contribution in [0.5, 0.6) is 0 Å². The lowest BCUT2D eigenvalue weighted by Crippen LogP contribution is -2.27. The Morgan fingerprint density at radius 2 is 1.55 bits per heavy atom. The second-order valence-electron chi connectivity index (χ2n) is 5.33. The van der Waals surface area contributed by atoms with Gasteiger partial charge in [-0.1, -0.05) is 42.5 Å². The van der Waals surface area contributed by atoms with Crippen molar-refractivity contribution in [1.29, 1.82) is 0 Å². The van der Waals surface area contributed by atoms with Gasteiger partial charge in [-0.25, -0.2) is 8.42 Å². The lowest BCUT2D eigenvalue weighted by atomic mass is 10.1. The zero-order chi connectivity index (χ0) is 16.2. The van der Waals surface area contributed by atoms with Gasteiger partial charge < -0.3 is 4.90 Å². The highest BCUT2D eigenvalue weighted by Gasteiger charge is 2.11. The molecule has 0 fully saturated rings. The molecule has 0 bridgehead atoms. The highest BCUT2D eigenvalue weighted by Crippen LogP contribution is 2.12. The quantitative estimate of drug-likeness (QED) is 0.850. The maximum Gasteiger partial charge on any atom is 0.227 e. The molecule has 4 nitrogen and oxygen atoms in total. The molecule has 0 unspecified atom stereocenters. The average molecular weight is 317 g/mol. The number of amides is 1. The first kappa shape index (κ1) is 16.2. The van der Waals surface area contributed by atoms with Crippen LogP contribution < -0.4 is 0 Å². The normalized spacial score (nSPS) is 11.2. The average Bonchev–Trinajstić information content (AvgIpc) is 2.48. The fourth-order valence-corrected chi connectivity index (χ4v) is 2.74. The minimum atomic E-state index is -3.20. The van der Waals surface area contributed by atoms with Gasteiger partial charge >= 0.3 is 0 Å². The van der Waals surface area contributed by atoms with Crippen LogP contribution >= 0.6 is 0 Å². The number of hydrogen-bond donors (Lipinski definition) is 0. The summed E-state index contributed by atoms with van der Waals surface area (Å²) in [6.45, 7) is 0.557. The number of benzene rings is 2. The first-order valence-electron chi connectivity index (χ1n) is 6.93. The Kier molecular flexibility index (Phi) is 4.98. The topological polar surface area (TPSA) is 54.5 Å². The zero-order valence-corrected chi connectivity index (χ0v) is 13.5. The van der Waals surface area contributed by atoms with E-state index in [0.717, 1.165) is 11.1 Å². The summed E-state index contributed by atoms with van der Waals surface area (Å²) in [4.78, 5) is 14.1. The van der Waals surface area contributed by atoms with E-state index in [1.807, 2.05) is 30.3 Å². The SMILES string of the molecule is CN(Cc1ccccc1)C(=O)Cc1ccc(S(C)(=O)=O)cc1. The van der Waals surface area contributed by atoms with Crippen LogP contribution in [0.1, 0.15) is 11.1 Å². The van der Waals surface area contributed by atoms with Gasteiger partial charge in [0.15, 0.2) is 9.84 Å². The standard InChI is InChI=1S/C17H19NO3S/c1-18(13-15-6-4-3-5-7-15)17(19)12-14-8-10-16(11-9-14)22(2,20)21/h3-11H,12-13H2,1-2H3. The number of likely N-dealkylation sites (N-methyl/N-ethyl adjacent to an activating group) is 1. The molecule has 0 saturated heterocycles. The third kappa shape index (κ3) is 4.43. The lowest BCUT2D eigenvalue weighted by Gasteiger charge is -2.17. The number of nitrogens with zero attached hydrogens (tertiary/aromatic N) is 1. The van der Waals surface area contributed by atoms with Gasteiger partial charge in [0.25, 0.3) is 0 Å². The molecule has 0 aliphatic carbocycles. The Bertz CT molecular complexity index is 737. The highest BCUT2D eigenvalue weighted by molar-refractivity contribution is 7.90. The second-order valence-corrected chi connectivity index (χ2v) is 7.34. The maximum absolute atomic E-state index is 12.2. The van der Waals surface area contributed by atoms with Crippen LogP contribution in [0.25, 0.3) is 0 Å². The van der Waals surface area contributed by atoms with Crippen molar-refractivity contribution in [2.45, 2.75) is 17.9 Å². The summed E-state index contributed by atoms with van der Waals surface area (Å²) in [6, 6.07) is 16.2. The largest absolute Gasteiger partial charge is 0.341 e. The van der Waals surface area contributed by atoms with E-state index in [4.69, 9.17) is 0 Å². The third-order valence-electron chi connectivity index (χ3n) is 3.40. The number of hydrogen-bond acceptors (Lipinski definition) is 3. The van der Waals surface area contributed by atoms with E-state index in [2.05, 4.69) is 0 Å². The molecule has 0 atom stereocenters. The van der Waals surface area contributed by atoms with Crippen molar-refractivity contribution < 1.29 is 13.2 Å². The molecule has 0 radical (unpaired) electrons. The van der Waals surface area contributed by atoms with Gasteiger partial charge in [0, 0.05) is 19.8 Å². The van der Waals surface area contributed by atoms with E-state index < -0.39 is 9.84 Å². The Morgan fingerprint density at radius 3 is 2.09 bits per heavy atom. The van der Waals surface area contributed by atoms with Crippen LogP contribution in [0.4, 0.5) is 0 Å². The molecule has 0 heterocycles. The number of rotatable bonds is 5. The van der Waals surface area contributed by atoms with Gasteiger partial charge in [0.2, 0.25) is 5.91 Å². The summed E-state index contributed by atoms with van der Waals surface area (Å²) in [7, 11) is -1.44. The molecule has 0 saturated carbocycles. The lowest BCUT2D eigenvalue weighted by molar-refractivity contribution is -0.129. The molecule has 0 aliphatic heterocycles. The van der Waals surface area contributed by atoms with Crippen molar-refractivity contribution in [1.82, 2.24) is 4.90 Å². The summed E-state index contributed by atoms with van der Waals surface area (Å²) >= 11 is 0. The van der Waals surface area contributed by atoms with E-state index in [-0.39, 0.29) is 17.2 Å². The van der Waals surface area contributed by atoms with E-state index >= 15 is 0 Å². The Hall–Kier alpha value is -2.14. The summed E-state index contributed by atoms with van der Waals surface area (Å²) in [5.74, 6) is -0.00374. The summed E-state index contributed by atoms with van der Waals surface area (Å²) < 4.78 is 22.8. The van der Waals surface area contributed by atoms with Gasteiger partial charge in [-0.2, -0.15) is 0 Å². The first-order valence-corrected chi connectivity index (χ1v) is 8.82. The first-order chi connectivity index (χ1) is 10.4. The van der Waals surface area contributed by atoms with E-state index in [1.165, 1.54) is 18.4 Å². The minimum absolute atomic E-state index is 0.00374. The Morgan fingerprint density at radius 1 is 0.955 bits per heavy atom. The van der Waals surface area contributed by atoms with E-state index in [9.17, 15) is 13.2 Å². The van der Waals surface area contributed by atoms with E-state index in [1.54, 1.807) is 24.1 Å². The molecular formula is C17H19NO3S. The predicted octanol–water partition coefficient (Wildman–Crippen LogP) is 2.29. The molecule has 0 aliphatic rings. The summed E-state index contributed by atoms with van der Waals surface area (Å²) in [5.41, 5.74) is 1.88. The van der Waals surface area contributed by atoms with Crippen molar-refractivity contribution in [2.75, 3.05) is 13.3 Å².